The minimum absolute atomic E-state index is 0.0637. The van der Waals surface area contributed by atoms with Gasteiger partial charge in [0.1, 0.15) is 12.3 Å². The van der Waals surface area contributed by atoms with Crippen molar-refractivity contribution in [2.24, 2.45) is 0 Å². The van der Waals surface area contributed by atoms with Crippen LogP contribution in [-0.4, -0.2) is 34.5 Å². The van der Waals surface area contributed by atoms with Crippen LogP contribution in [0.5, 0.6) is 0 Å². The summed E-state index contributed by atoms with van der Waals surface area (Å²) in [5.74, 6) is -0.350. The van der Waals surface area contributed by atoms with Gasteiger partial charge in [0.05, 0.1) is 0 Å². The molecule has 0 unspecified atom stereocenters. The monoisotopic (exact) mass is 237 g/mol. The largest absolute Gasteiger partial charge is 0.480 e. The number of hydrogen-bond acceptors (Lipinski definition) is 3. The quantitative estimate of drug-likeness (QED) is 0.843. The molecule has 1 fully saturated rings. The van der Waals surface area contributed by atoms with Gasteiger partial charge in [-0.25, -0.2) is 0 Å². The molecule has 1 amide bonds. The summed E-state index contributed by atoms with van der Waals surface area (Å²) in [7, 11) is 0. The molecule has 1 aromatic rings. The van der Waals surface area contributed by atoms with Crippen molar-refractivity contribution in [2.75, 3.05) is 6.54 Å². The van der Waals surface area contributed by atoms with E-state index >= 15 is 0 Å². The molecule has 17 heavy (non-hydrogen) atoms. The standard InChI is InChI=1S/C12H15NO4/c1-2-9-5-6-10(17-9)12(16)13(7-11(14)15)8-3-4-8/h5-6,8H,2-4,7H2,1H3,(H,14,15). The zero-order chi connectivity index (χ0) is 12.4. The number of amides is 1. The van der Waals surface area contributed by atoms with E-state index < -0.39 is 5.97 Å². The molecular formula is C12H15NO4. The van der Waals surface area contributed by atoms with Crippen molar-refractivity contribution in [1.82, 2.24) is 4.90 Å². The zero-order valence-corrected chi connectivity index (χ0v) is 9.68. The molecule has 92 valence electrons. The minimum atomic E-state index is -0.993. The van der Waals surface area contributed by atoms with Gasteiger partial charge in [0, 0.05) is 12.5 Å². The van der Waals surface area contributed by atoms with Crippen molar-refractivity contribution < 1.29 is 19.1 Å². The molecule has 0 saturated heterocycles. The molecule has 1 aliphatic rings. The third-order valence-electron chi connectivity index (χ3n) is 2.78. The second kappa shape index (κ2) is 4.61. The van der Waals surface area contributed by atoms with Gasteiger partial charge in [-0.05, 0) is 25.0 Å². The lowest BCUT2D eigenvalue weighted by Crippen LogP contribution is -2.37. The first kappa shape index (κ1) is 11.7. The van der Waals surface area contributed by atoms with E-state index in [1.54, 1.807) is 12.1 Å². The van der Waals surface area contributed by atoms with Crippen LogP contribution in [-0.2, 0) is 11.2 Å². The highest BCUT2D eigenvalue weighted by Gasteiger charge is 2.35. The molecule has 1 aromatic heterocycles. The van der Waals surface area contributed by atoms with Gasteiger partial charge in [0.2, 0.25) is 0 Å². The number of aliphatic carboxylic acids is 1. The Hall–Kier alpha value is -1.78. The number of nitrogens with zero attached hydrogens (tertiary/aromatic N) is 1. The maximum absolute atomic E-state index is 12.1. The maximum Gasteiger partial charge on any atom is 0.323 e. The smallest absolute Gasteiger partial charge is 0.323 e. The van der Waals surface area contributed by atoms with E-state index in [1.165, 1.54) is 4.90 Å². The molecule has 1 saturated carbocycles. The van der Waals surface area contributed by atoms with Crippen LogP contribution >= 0.6 is 0 Å². The topological polar surface area (TPSA) is 70.8 Å². The van der Waals surface area contributed by atoms with Crippen LogP contribution in [0.25, 0.3) is 0 Å². The summed E-state index contributed by atoms with van der Waals surface area (Å²) in [5, 5.41) is 8.78. The number of furan rings is 1. The molecule has 0 spiro atoms. The van der Waals surface area contributed by atoms with Crippen LogP contribution < -0.4 is 0 Å². The number of aryl methyl sites for hydroxylation is 1. The molecule has 1 N–H and O–H groups in total. The van der Waals surface area contributed by atoms with E-state index in [2.05, 4.69) is 0 Å². The summed E-state index contributed by atoms with van der Waals surface area (Å²) >= 11 is 0. The van der Waals surface area contributed by atoms with Gasteiger partial charge in [0.25, 0.3) is 5.91 Å². The lowest BCUT2D eigenvalue weighted by Gasteiger charge is -2.18. The van der Waals surface area contributed by atoms with E-state index in [1.807, 2.05) is 6.92 Å². The lowest BCUT2D eigenvalue weighted by atomic mass is 10.3. The van der Waals surface area contributed by atoms with Gasteiger partial charge < -0.3 is 14.4 Å². The van der Waals surface area contributed by atoms with Gasteiger partial charge in [0.15, 0.2) is 5.76 Å². The third kappa shape index (κ3) is 2.67. The Morgan fingerprint density at radius 1 is 1.47 bits per heavy atom. The Labute approximate surface area is 99.0 Å². The van der Waals surface area contributed by atoms with Crippen LogP contribution in [0.15, 0.2) is 16.5 Å². The van der Waals surface area contributed by atoms with Crippen molar-refractivity contribution in [3.05, 3.63) is 23.7 Å². The Bertz CT molecular complexity index is 433. The summed E-state index contributed by atoms with van der Waals surface area (Å²) in [6.07, 6.45) is 2.47. The van der Waals surface area contributed by atoms with E-state index in [4.69, 9.17) is 9.52 Å². The zero-order valence-electron chi connectivity index (χ0n) is 9.68. The van der Waals surface area contributed by atoms with Crippen molar-refractivity contribution in [3.8, 4) is 0 Å². The Kier molecular flexibility index (Phi) is 3.17. The normalized spacial score (nSPS) is 14.6. The number of carbonyl (C=O) groups excluding carboxylic acids is 1. The summed E-state index contributed by atoms with van der Waals surface area (Å²) in [5.41, 5.74) is 0. The molecular weight excluding hydrogens is 222 g/mol. The summed E-state index contributed by atoms with van der Waals surface area (Å²) in [4.78, 5) is 24.2. The molecule has 2 rings (SSSR count). The van der Waals surface area contributed by atoms with E-state index in [-0.39, 0.29) is 24.3 Å². The maximum atomic E-state index is 12.1. The highest BCUT2D eigenvalue weighted by atomic mass is 16.4. The molecule has 0 radical (unpaired) electrons. The number of rotatable bonds is 5. The molecule has 1 heterocycles. The second-order valence-electron chi connectivity index (χ2n) is 4.18. The SMILES string of the molecule is CCc1ccc(C(=O)N(CC(=O)O)C2CC2)o1. The molecule has 0 aromatic carbocycles. The van der Waals surface area contributed by atoms with Crippen LogP contribution in [0.3, 0.4) is 0 Å². The highest BCUT2D eigenvalue weighted by Crippen LogP contribution is 2.28. The van der Waals surface area contributed by atoms with Gasteiger partial charge in [-0.1, -0.05) is 6.92 Å². The molecule has 0 atom stereocenters. The fourth-order valence-electron chi connectivity index (χ4n) is 1.72. The average molecular weight is 237 g/mol. The predicted molar refractivity (Wildman–Crippen MR) is 59.8 cm³/mol. The van der Waals surface area contributed by atoms with Gasteiger partial charge in [-0.3, -0.25) is 9.59 Å². The lowest BCUT2D eigenvalue weighted by molar-refractivity contribution is -0.137. The molecule has 0 bridgehead atoms. The van der Waals surface area contributed by atoms with Gasteiger partial charge in [-0.2, -0.15) is 0 Å². The Balaban J connectivity index is 2.12. The predicted octanol–water partition coefficient (Wildman–Crippen LogP) is 1.53. The van der Waals surface area contributed by atoms with Crippen LogP contribution in [0.2, 0.25) is 0 Å². The van der Waals surface area contributed by atoms with Gasteiger partial charge in [-0.15, -0.1) is 0 Å². The average Bonchev–Trinajstić information content (AvgIpc) is 3.02. The summed E-state index contributed by atoms with van der Waals surface area (Å²) in [6, 6.07) is 3.42. The van der Waals surface area contributed by atoms with Gasteiger partial charge >= 0.3 is 5.97 Å². The van der Waals surface area contributed by atoms with E-state index in [9.17, 15) is 9.59 Å². The number of carbonyl (C=O) groups is 2. The first-order valence-corrected chi connectivity index (χ1v) is 5.73. The number of hydrogen-bond donors (Lipinski definition) is 1. The summed E-state index contributed by atoms with van der Waals surface area (Å²) in [6.45, 7) is 1.68. The minimum Gasteiger partial charge on any atom is -0.480 e. The number of carboxylic acid groups (broad SMARTS) is 1. The number of carboxylic acids is 1. The first-order chi connectivity index (χ1) is 8.11. The third-order valence-corrected chi connectivity index (χ3v) is 2.78. The van der Waals surface area contributed by atoms with Crippen LogP contribution in [0, 0.1) is 0 Å². The van der Waals surface area contributed by atoms with Crippen LogP contribution in [0.4, 0.5) is 0 Å². The molecule has 5 heteroatoms. The second-order valence-corrected chi connectivity index (χ2v) is 4.18. The first-order valence-electron chi connectivity index (χ1n) is 5.73. The highest BCUT2D eigenvalue weighted by molar-refractivity contribution is 5.93. The Morgan fingerprint density at radius 3 is 2.65 bits per heavy atom. The van der Waals surface area contributed by atoms with E-state index in [0.717, 1.165) is 25.0 Å². The van der Waals surface area contributed by atoms with Crippen molar-refractivity contribution in [3.63, 3.8) is 0 Å². The van der Waals surface area contributed by atoms with Crippen molar-refractivity contribution in [2.45, 2.75) is 32.2 Å². The van der Waals surface area contributed by atoms with Crippen molar-refractivity contribution >= 4 is 11.9 Å². The molecule has 5 nitrogen and oxygen atoms in total. The van der Waals surface area contributed by atoms with Crippen LogP contribution in [0.1, 0.15) is 36.1 Å². The Morgan fingerprint density at radius 2 is 2.18 bits per heavy atom. The fraction of sp³-hybridized carbons (Fsp3) is 0.500. The van der Waals surface area contributed by atoms with Crippen molar-refractivity contribution in [1.29, 1.82) is 0 Å². The molecule has 0 aliphatic heterocycles. The van der Waals surface area contributed by atoms with E-state index in [0.29, 0.717) is 0 Å². The summed E-state index contributed by atoms with van der Waals surface area (Å²) < 4.78 is 5.35. The molecule has 1 aliphatic carbocycles. The fourth-order valence-corrected chi connectivity index (χ4v) is 1.72.